The van der Waals surface area contributed by atoms with Gasteiger partial charge in [-0.1, -0.05) is 65.7 Å². The van der Waals surface area contributed by atoms with Gasteiger partial charge < -0.3 is 10.1 Å². The van der Waals surface area contributed by atoms with Crippen LogP contribution in [-0.2, 0) is 4.79 Å². The van der Waals surface area contributed by atoms with Crippen LogP contribution in [0.25, 0.3) is 0 Å². The molecular formula is C22H21NO2. The number of nitrogens with one attached hydrogen (secondary N) is 1. The zero-order valence-electron chi connectivity index (χ0n) is 14.4. The number of para-hydroxylation sites is 1. The van der Waals surface area contributed by atoms with Crippen molar-refractivity contribution < 1.29 is 9.53 Å². The molecule has 3 rings (SSSR count). The Balaban J connectivity index is 1.86. The second kappa shape index (κ2) is 7.67. The second-order valence-electron chi connectivity index (χ2n) is 6.08. The topological polar surface area (TPSA) is 38.3 Å². The van der Waals surface area contributed by atoms with E-state index in [1.165, 1.54) is 0 Å². The minimum Gasteiger partial charge on any atom is -0.476 e. The highest BCUT2D eigenvalue weighted by molar-refractivity contribution is 5.95. The van der Waals surface area contributed by atoms with Gasteiger partial charge in [0.1, 0.15) is 5.75 Å². The molecule has 1 amide bonds. The van der Waals surface area contributed by atoms with E-state index in [9.17, 15) is 4.79 Å². The van der Waals surface area contributed by atoms with Crippen LogP contribution in [0.5, 0.6) is 5.75 Å². The number of aryl methyl sites for hydroxylation is 2. The Morgan fingerprint density at radius 1 is 0.800 bits per heavy atom. The first-order valence-electron chi connectivity index (χ1n) is 8.27. The predicted molar refractivity (Wildman–Crippen MR) is 101 cm³/mol. The monoisotopic (exact) mass is 331 g/mol. The zero-order chi connectivity index (χ0) is 17.6. The van der Waals surface area contributed by atoms with Gasteiger partial charge in [-0.15, -0.1) is 0 Å². The van der Waals surface area contributed by atoms with Crippen LogP contribution in [0.3, 0.4) is 0 Å². The number of anilines is 1. The largest absolute Gasteiger partial charge is 0.476 e. The van der Waals surface area contributed by atoms with Gasteiger partial charge in [-0.05, 0) is 38.1 Å². The molecule has 0 radical (unpaired) electrons. The standard InChI is InChI=1S/C22H21NO2/c1-16-8-12-18(13-9-16)21(25-20-14-10-17(2)11-15-20)22(24)23-19-6-4-3-5-7-19/h3-15,21H,1-2H3,(H,23,24). The third-order valence-corrected chi connectivity index (χ3v) is 3.93. The predicted octanol–water partition coefficient (Wildman–Crippen LogP) is 5.06. The highest BCUT2D eigenvalue weighted by Gasteiger charge is 2.23. The Bertz CT molecular complexity index is 824. The van der Waals surface area contributed by atoms with Crippen molar-refractivity contribution in [3.05, 3.63) is 95.6 Å². The number of carbonyl (C=O) groups is 1. The minimum absolute atomic E-state index is 0.198. The van der Waals surface area contributed by atoms with E-state index in [4.69, 9.17) is 4.74 Å². The van der Waals surface area contributed by atoms with E-state index in [1.807, 2.05) is 92.7 Å². The lowest BCUT2D eigenvalue weighted by atomic mass is 10.1. The lowest BCUT2D eigenvalue weighted by molar-refractivity contribution is -0.123. The highest BCUT2D eigenvalue weighted by atomic mass is 16.5. The molecule has 0 bridgehead atoms. The summed E-state index contributed by atoms with van der Waals surface area (Å²) >= 11 is 0. The first kappa shape index (κ1) is 16.8. The number of rotatable bonds is 5. The van der Waals surface area contributed by atoms with Gasteiger partial charge in [0.2, 0.25) is 6.10 Å². The van der Waals surface area contributed by atoms with Crippen molar-refractivity contribution in [2.75, 3.05) is 5.32 Å². The van der Waals surface area contributed by atoms with Crippen molar-refractivity contribution in [3.8, 4) is 5.75 Å². The maximum atomic E-state index is 12.8. The number of amides is 1. The Labute approximate surface area is 148 Å². The lowest BCUT2D eigenvalue weighted by Crippen LogP contribution is -2.25. The van der Waals surface area contributed by atoms with Gasteiger partial charge in [0.05, 0.1) is 0 Å². The number of hydrogen-bond acceptors (Lipinski definition) is 2. The summed E-state index contributed by atoms with van der Waals surface area (Å²) in [7, 11) is 0. The number of carbonyl (C=O) groups excluding carboxylic acids is 1. The zero-order valence-corrected chi connectivity index (χ0v) is 14.4. The smallest absolute Gasteiger partial charge is 0.270 e. The highest BCUT2D eigenvalue weighted by Crippen LogP contribution is 2.24. The maximum Gasteiger partial charge on any atom is 0.270 e. The van der Waals surface area contributed by atoms with Crippen molar-refractivity contribution in [2.45, 2.75) is 20.0 Å². The third kappa shape index (κ3) is 4.48. The molecule has 0 aromatic heterocycles. The molecular weight excluding hydrogens is 310 g/mol. The van der Waals surface area contributed by atoms with E-state index in [0.717, 1.165) is 22.4 Å². The molecule has 1 atom stereocenters. The van der Waals surface area contributed by atoms with Gasteiger partial charge in [-0.25, -0.2) is 0 Å². The Morgan fingerprint density at radius 3 is 1.96 bits per heavy atom. The fourth-order valence-corrected chi connectivity index (χ4v) is 2.50. The van der Waals surface area contributed by atoms with Gasteiger partial charge in [0.15, 0.2) is 0 Å². The van der Waals surface area contributed by atoms with Gasteiger partial charge in [-0.2, -0.15) is 0 Å². The molecule has 1 unspecified atom stereocenters. The van der Waals surface area contributed by atoms with E-state index in [0.29, 0.717) is 5.75 Å². The van der Waals surface area contributed by atoms with Crippen LogP contribution in [0.2, 0.25) is 0 Å². The van der Waals surface area contributed by atoms with Gasteiger partial charge in [0.25, 0.3) is 5.91 Å². The SMILES string of the molecule is Cc1ccc(OC(C(=O)Nc2ccccc2)c2ccc(C)cc2)cc1. The summed E-state index contributed by atoms with van der Waals surface area (Å²) in [5.74, 6) is 0.468. The molecule has 0 spiro atoms. The van der Waals surface area contributed by atoms with Gasteiger partial charge >= 0.3 is 0 Å². The molecule has 3 aromatic carbocycles. The van der Waals surface area contributed by atoms with E-state index >= 15 is 0 Å². The molecule has 0 fully saturated rings. The summed E-state index contributed by atoms with van der Waals surface area (Å²) < 4.78 is 6.02. The van der Waals surface area contributed by atoms with Crippen molar-refractivity contribution in [2.24, 2.45) is 0 Å². The average Bonchev–Trinajstić information content (AvgIpc) is 2.63. The summed E-state index contributed by atoms with van der Waals surface area (Å²) in [6, 6.07) is 24.9. The van der Waals surface area contributed by atoms with Gasteiger partial charge in [-0.3, -0.25) is 4.79 Å². The molecule has 3 nitrogen and oxygen atoms in total. The quantitative estimate of drug-likeness (QED) is 0.709. The molecule has 0 heterocycles. The molecule has 1 N–H and O–H groups in total. The summed E-state index contributed by atoms with van der Waals surface area (Å²) in [5.41, 5.74) is 3.85. The first-order valence-corrected chi connectivity index (χ1v) is 8.27. The van der Waals surface area contributed by atoms with Crippen LogP contribution in [-0.4, -0.2) is 5.91 Å². The first-order chi connectivity index (χ1) is 12.1. The average molecular weight is 331 g/mol. The van der Waals surface area contributed by atoms with E-state index in [1.54, 1.807) is 0 Å². The number of benzene rings is 3. The molecule has 25 heavy (non-hydrogen) atoms. The molecule has 0 aliphatic heterocycles. The molecule has 3 heteroatoms. The molecule has 0 aliphatic rings. The van der Waals surface area contributed by atoms with Crippen molar-refractivity contribution in [1.82, 2.24) is 0 Å². The molecule has 0 aliphatic carbocycles. The molecule has 3 aromatic rings. The lowest BCUT2D eigenvalue weighted by Gasteiger charge is -2.19. The van der Waals surface area contributed by atoms with Crippen LogP contribution in [0.4, 0.5) is 5.69 Å². The number of ether oxygens (including phenoxy) is 1. The normalized spacial score (nSPS) is 11.6. The number of hydrogen-bond donors (Lipinski definition) is 1. The fraction of sp³-hybridized carbons (Fsp3) is 0.136. The Hall–Kier alpha value is -3.07. The molecule has 0 saturated heterocycles. The van der Waals surface area contributed by atoms with Crippen molar-refractivity contribution in [3.63, 3.8) is 0 Å². The van der Waals surface area contributed by atoms with Crippen molar-refractivity contribution >= 4 is 11.6 Å². The van der Waals surface area contributed by atoms with Crippen LogP contribution in [0.1, 0.15) is 22.8 Å². The van der Waals surface area contributed by atoms with E-state index in [-0.39, 0.29) is 5.91 Å². The Kier molecular flexibility index (Phi) is 5.14. The molecule has 0 saturated carbocycles. The summed E-state index contributed by atoms with van der Waals surface area (Å²) in [6.45, 7) is 4.03. The summed E-state index contributed by atoms with van der Waals surface area (Å²) in [5, 5.41) is 2.92. The fourth-order valence-electron chi connectivity index (χ4n) is 2.50. The molecule has 126 valence electrons. The second-order valence-corrected chi connectivity index (χ2v) is 6.08. The van der Waals surface area contributed by atoms with Gasteiger partial charge in [0, 0.05) is 11.3 Å². The minimum atomic E-state index is -0.719. The maximum absolute atomic E-state index is 12.8. The van der Waals surface area contributed by atoms with Crippen LogP contribution in [0, 0.1) is 13.8 Å². The van der Waals surface area contributed by atoms with Crippen LogP contribution in [0.15, 0.2) is 78.9 Å². The summed E-state index contributed by atoms with van der Waals surface area (Å²) in [6.07, 6.45) is -0.719. The van der Waals surface area contributed by atoms with E-state index < -0.39 is 6.10 Å². The third-order valence-electron chi connectivity index (χ3n) is 3.93. The van der Waals surface area contributed by atoms with Crippen molar-refractivity contribution in [1.29, 1.82) is 0 Å². The van der Waals surface area contributed by atoms with Crippen LogP contribution < -0.4 is 10.1 Å². The summed E-state index contributed by atoms with van der Waals surface area (Å²) in [4.78, 5) is 12.8. The van der Waals surface area contributed by atoms with Crippen LogP contribution >= 0.6 is 0 Å². The Morgan fingerprint density at radius 2 is 1.36 bits per heavy atom. The van der Waals surface area contributed by atoms with E-state index in [2.05, 4.69) is 5.32 Å².